The molecule has 0 saturated carbocycles. The van der Waals surface area contributed by atoms with Crippen LogP contribution >= 0.6 is 0 Å². The molecule has 0 saturated heterocycles. The number of hydrogen-bond donors (Lipinski definition) is 2. The zero-order chi connectivity index (χ0) is 16.2. The minimum atomic E-state index is -4.32. The van der Waals surface area contributed by atoms with Crippen molar-refractivity contribution in [1.82, 2.24) is 4.72 Å². The topological polar surface area (TPSA) is 127 Å². The molecule has 1 atom stereocenters. The molecule has 21 heavy (non-hydrogen) atoms. The lowest BCUT2D eigenvalue weighted by Gasteiger charge is -2.13. The Bertz CT molecular complexity index is 661. The minimum absolute atomic E-state index is 0.00507. The van der Waals surface area contributed by atoms with Gasteiger partial charge >= 0.3 is 5.97 Å². The first-order valence-corrected chi connectivity index (χ1v) is 7.30. The third-order valence-corrected chi connectivity index (χ3v) is 4.17. The van der Waals surface area contributed by atoms with Gasteiger partial charge in [-0.2, -0.15) is 0 Å². The lowest BCUT2D eigenvalue weighted by Crippen LogP contribution is -2.33. The van der Waals surface area contributed by atoms with E-state index in [1.807, 2.05) is 0 Å². The third-order valence-electron chi connectivity index (χ3n) is 2.56. The number of carboxylic acids is 1. The van der Waals surface area contributed by atoms with E-state index in [1.54, 1.807) is 0 Å². The molecule has 0 aromatic heterocycles. The van der Waals surface area contributed by atoms with E-state index >= 15 is 0 Å². The molecule has 0 amide bonds. The van der Waals surface area contributed by atoms with Crippen molar-refractivity contribution in [2.45, 2.75) is 30.7 Å². The number of nitro benzene ring substituents is 1. The van der Waals surface area contributed by atoms with Crippen LogP contribution in [-0.2, 0) is 14.8 Å². The molecule has 0 heterocycles. The maximum atomic E-state index is 13.6. The second-order valence-corrected chi connectivity index (χ2v) is 6.01. The van der Waals surface area contributed by atoms with E-state index in [0.717, 1.165) is 6.07 Å². The molecule has 0 aliphatic heterocycles. The molecule has 0 bridgehead atoms. The minimum Gasteiger partial charge on any atom is -0.481 e. The van der Waals surface area contributed by atoms with Crippen LogP contribution in [0.25, 0.3) is 0 Å². The van der Waals surface area contributed by atoms with Gasteiger partial charge in [-0.1, -0.05) is 0 Å². The monoisotopic (exact) mass is 320 g/mol. The Morgan fingerprint density at radius 3 is 2.67 bits per heavy atom. The number of aliphatic carboxylic acids is 1. The second kappa shape index (κ2) is 6.59. The van der Waals surface area contributed by atoms with Crippen molar-refractivity contribution in [3.63, 3.8) is 0 Å². The van der Waals surface area contributed by atoms with Crippen LogP contribution < -0.4 is 4.72 Å². The molecule has 1 aromatic carbocycles. The van der Waals surface area contributed by atoms with Gasteiger partial charge in [0.15, 0.2) is 0 Å². The summed E-state index contributed by atoms with van der Waals surface area (Å²) in [6.45, 7) is 1.41. The van der Waals surface area contributed by atoms with Crippen LogP contribution in [0.3, 0.4) is 0 Å². The van der Waals surface area contributed by atoms with Crippen LogP contribution in [0.5, 0.6) is 0 Å². The van der Waals surface area contributed by atoms with Crippen molar-refractivity contribution in [3.8, 4) is 0 Å². The van der Waals surface area contributed by atoms with Crippen molar-refractivity contribution < 1.29 is 27.6 Å². The van der Waals surface area contributed by atoms with Crippen LogP contribution in [0.1, 0.15) is 19.8 Å². The molecule has 2 N–H and O–H groups in total. The molecule has 10 heteroatoms. The van der Waals surface area contributed by atoms with E-state index in [-0.39, 0.29) is 12.8 Å². The van der Waals surface area contributed by atoms with Gasteiger partial charge in [0.1, 0.15) is 10.7 Å². The molecule has 0 spiro atoms. The molecule has 0 fully saturated rings. The molecule has 1 unspecified atom stereocenters. The summed E-state index contributed by atoms with van der Waals surface area (Å²) in [5.41, 5.74) is -0.560. The number of non-ortho nitro benzene ring substituents is 1. The zero-order valence-electron chi connectivity index (χ0n) is 10.9. The highest BCUT2D eigenvalue weighted by molar-refractivity contribution is 7.89. The van der Waals surface area contributed by atoms with Crippen molar-refractivity contribution in [1.29, 1.82) is 0 Å². The van der Waals surface area contributed by atoms with Crippen LogP contribution in [0.2, 0.25) is 0 Å². The molecule has 1 rings (SSSR count). The number of carbonyl (C=O) groups is 1. The Morgan fingerprint density at radius 1 is 1.52 bits per heavy atom. The Kier molecular flexibility index (Phi) is 5.33. The predicted octanol–water partition coefficient (Wildman–Crippen LogP) is 1.27. The molecule has 116 valence electrons. The molecule has 0 aliphatic carbocycles. The van der Waals surface area contributed by atoms with Gasteiger partial charge in [0.05, 0.1) is 4.92 Å². The zero-order valence-corrected chi connectivity index (χ0v) is 11.8. The Hall–Kier alpha value is -2.07. The number of carboxylic acid groups (broad SMARTS) is 1. The molecule has 8 nitrogen and oxygen atoms in total. The Morgan fingerprint density at radius 2 is 2.14 bits per heavy atom. The number of rotatable bonds is 7. The lowest BCUT2D eigenvalue weighted by atomic mass is 10.2. The van der Waals surface area contributed by atoms with E-state index in [2.05, 4.69) is 4.72 Å². The smallest absolute Gasteiger partial charge is 0.303 e. The quantitative estimate of drug-likeness (QED) is 0.575. The number of nitro groups is 1. The van der Waals surface area contributed by atoms with Crippen LogP contribution in [0.15, 0.2) is 23.1 Å². The van der Waals surface area contributed by atoms with Crippen LogP contribution in [-0.4, -0.2) is 30.5 Å². The number of nitrogens with one attached hydrogen (secondary N) is 1. The van der Waals surface area contributed by atoms with Gasteiger partial charge in [0.2, 0.25) is 10.0 Å². The summed E-state index contributed by atoms with van der Waals surface area (Å²) in [5.74, 6) is -2.22. The van der Waals surface area contributed by atoms with Gasteiger partial charge in [-0.25, -0.2) is 17.5 Å². The standard InChI is InChI=1S/C11H13FN2O6S/c1-7(2-5-11(15)16)13-21(19,20)10-6-8(14(17)18)3-4-9(10)12/h3-4,6-7,13H,2,5H2,1H3,(H,15,16). The van der Waals surface area contributed by atoms with Gasteiger partial charge in [-0.3, -0.25) is 14.9 Å². The van der Waals surface area contributed by atoms with E-state index in [9.17, 15) is 27.7 Å². The first kappa shape index (κ1) is 17.0. The number of benzene rings is 1. The fourth-order valence-corrected chi connectivity index (χ4v) is 2.91. The molecule has 1 aromatic rings. The third kappa shape index (κ3) is 4.76. The maximum absolute atomic E-state index is 13.6. The first-order chi connectivity index (χ1) is 9.63. The summed E-state index contributed by atoms with van der Waals surface area (Å²) >= 11 is 0. The summed E-state index contributed by atoms with van der Waals surface area (Å²) in [7, 11) is -4.32. The Balaban J connectivity index is 2.99. The van der Waals surface area contributed by atoms with Gasteiger partial charge < -0.3 is 5.11 Å². The van der Waals surface area contributed by atoms with Crippen LogP contribution in [0, 0.1) is 15.9 Å². The Labute approximate surface area is 119 Å². The van der Waals surface area contributed by atoms with E-state index in [4.69, 9.17) is 5.11 Å². The summed E-state index contributed by atoms with van der Waals surface area (Å²) in [6, 6.07) is 1.39. The van der Waals surface area contributed by atoms with Crippen LogP contribution in [0.4, 0.5) is 10.1 Å². The predicted molar refractivity (Wildman–Crippen MR) is 69.7 cm³/mol. The average Bonchev–Trinajstić information content (AvgIpc) is 2.35. The summed E-state index contributed by atoms with van der Waals surface area (Å²) in [4.78, 5) is 19.3. The SMILES string of the molecule is CC(CCC(=O)O)NS(=O)(=O)c1cc([N+](=O)[O-])ccc1F. The number of sulfonamides is 1. The molecule has 0 radical (unpaired) electrons. The highest BCUT2D eigenvalue weighted by atomic mass is 32.2. The first-order valence-electron chi connectivity index (χ1n) is 5.81. The van der Waals surface area contributed by atoms with Crippen molar-refractivity contribution in [3.05, 3.63) is 34.1 Å². The van der Waals surface area contributed by atoms with Gasteiger partial charge in [-0.15, -0.1) is 0 Å². The van der Waals surface area contributed by atoms with Crippen molar-refractivity contribution >= 4 is 21.7 Å². The van der Waals surface area contributed by atoms with E-state index in [1.165, 1.54) is 6.92 Å². The normalized spacial score (nSPS) is 12.9. The largest absolute Gasteiger partial charge is 0.481 e. The fourth-order valence-electron chi connectivity index (χ4n) is 1.54. The number of halogens is 1. The van der Waals surface area contributed by atoms with Crippen molar-refractivity contribution in [2.24, 2.45) is 0 Å². The van der Waals surface area contributed by atoms with Gasteiger partial charge in [0.25, 0.3) is 5.69 Å². The molecular weight excluding hydrogens is 307 g/mol. The van der Waals surface area contributed by atoms with Gasteiger partial charge in [0, 0.05) is 24.6 Å². The molecular formula is C11H13FN2O6S. The van der Waals surface area contributed by atoms with Crippen molar-refractivity contribution in [2.75, 3.05) is 0 Å². The summed E-state index contributed by atoms with van der Waals surface area (Å²) in [6.07, 6.45) is -0.258. The van der Waals surface area contributed by atoms with E-state index in [0.29, 0.717) is 12.1 Å². The molecule has 0 aliphatic rings. The highest BCUT2D eigenvalue weighted by Gasteiger charge is 2.24. The lowest BCUT2D eigenvalue weighted by molar-refractivity contribution is -0.385. The van der Waals surface area contributed by atoms with Gasteiger partial charge in [-0.05, 0) is 19.4 Å². The summed E-state index contributed by atoms with van der Waals surface area (Å²) in [5, 5.41) is 19.1. The fraction of sp³-hybridized carbons (Fsp3) is 0.364. The highest BCUT2D eigenvalue weighted by Crippen LogP contribution is 2.21. The number of hydrogen-bond acceptors (Lipinski definition) is 5. The second-order valence-electron chi connectivity index (χ2n) is 4.33. The number of nitrogens with zero attached hydrogens (tertiary/aromatic N) is 1. The summed E-state index contributed by atoms with van der Waals surface area (Å²) < 4.78 is 39.6. The maximum Gasteiger partial charge on any atom is 0.303 e. The average molecular weight is 320 g/mol. The van der Waals surface area contributed by atoms with E-state index < -0.39 is 43.4 Å².